The van der Waals surface area contributed by atoms with Gasteiger partial charge < -0.3 is 0 Å². The molecule has 1 fully saturated rings. The van der Waals surface area contributed by atoms with E-state index in [0.717, 1.165) is 13.0 Å². The van der Waals surface area contributed by atoms with E-state index >= 15 is 0 Å². The quantitative estimate of drug-likeness (QED) is 0.610. The number of benzene rings is 1. The van der Waals surface area contributed by atoms with Crippen LogP contribution in [0.1, 0.15) is 28.8 Å². The van der Waals surface area contributed by atoms with Gasteiger partial charge in [-0.2, -0.15) is 4.39 Å². The average Bonchev–Trinajstić information content (AvgIpc) is 2.96. The van der Waals surface area contributed by atoms with Crippen molar-refractivity contribution in [2.75, 3.05) is 19.6 Å². The Morgan fingerprint density at radius 2 is 2.04 bits per heavy atom. The summed E-state index contributed by atoms with van der Waals surface area (Å²) in [6, 6.07) is 11.9. The van der Waals surface area contributed by atoms with Crippen LogP contribution in [-0.2, 0) is 6.42 Å². The highest BCUT2D eigenvalue weighted by atomic mass is 32.1. The maximum Gasteiger partial charge on any atom is 0.216 e. The average molecular weight is 358 g/mol. The summed E-state index contributed by atoms with van der Waals surface area (Å²) < 4.78 is 28.5. The van der Waals surface area contributed by atoms with Crippen molar-refractivity contribution in [2.24, 2.45) is 0 Å². The SMILES string of the molecule is CC(c1cccnc1F)c1c(CCN2CC(F)C2)sc2ccccc12. The lowest BCUT2D eigenvalue weighted by Gasteiger charge is -2.34. The van der Waals surface area contributed by atoms with Gasteiger partial charge >= 0.3 is 0 Å². The molecule has 1 saturated heterocycles. The molecule has 3 heterocycles. The van der Waals surface area contributed by atoms with Crippen molar-refractivity contribution in [2.45, 2.75) is 25.4 Å². The van der Waals surface area contributed by atoms with Crippen molar-refractivity contribution >= 4 is 21.4 Å². The predicted octanol–water partition coefficient (Wildman–Crippen LogP) is 4.78. The summed E-state index contributed by atoms with van der Waals surface area (Å²) in [5.41, 5.74) is 1.81. The lowest BCUT2D eigenvalue weighted by Crippen LogP contribution is -2.48. The molecule has 1 aliphatic rings. The Bertz CT molecular complexity index is 886. The van der Waals surface area contributed by atoms with Crippen molar-refractivity contribution in [1.82, 2.24) is 9.88 Å². The first-order valence-corrected chi connectivity index (χ1v) is 9.42. The highest BCUT2D eigenvalue weighted by Gasteiger charge is 2.27. The molecule has 0 bridgehead atoms. The number of aromatic nitrogens is 1. The Labute approximate surface area is 150 Å². The van der Waals surface area contributed by atoms with Crippen LogP contribution in [0.4, 0.5) is 8.78 Å². The van der Waals surface area contributed by atoms with Crippen molar-refractivity contribution in [3.05, 3.63) is 64.5 Å². The van der Waals surface area contributed by atoms with Crippen LogP contribution < -0.4 is 0 Å². The van der Waals surface area contributed by atoms with Gasteiger partial charge in [-0.05, 0) is 29.5 Å². The van der Waals surface area contributed by atoms with E-state index < -0.39 is 12.1 Å². The standard InChI is InChI=1S/C20H20F2N2S/c1-13(15-6-4-9-23-20(15)22)19-16-5-2-3-7-17(16)25-18(19)8-10-24-11-14(21)12-24/h2-7,9,13-14H,8,10-12H2,1H3. The monoisotopic (exact) mass is 358 g/mol. The predicted molar refractivity (Wildman–Crippen MR) is 98.6 cm³/mol. The first-order chi connectivity index (χ1) is 12.1. The first kappa shape index (κ1) is 16.6. The van der Waals surface area contributed by atoms with Crippen LogP contribution in [0.5, 0.6) is 0 Å². The number of halogens is 2. The zero-order chi connectivity index (χ0) is 17.4. The zero-order valence-corrected chi connectivity index (χ0v) is 14.9. The Morgan fingerprint density at radius 3 is 2.80 bits per heavy atom. The molecule has 0 saturated carbocycles. The minimum absolute atomic E-state index is 0.0647. The molecule has 1 unspecified atom stereocenters. The second-order valence-electron chi connectivity index (χ2n) is 6.65. The Kier molecular flexibility index (Phi) is 4.52. The van der Waals surface area contributed by atoms with Crippen molar-refractivity contribution in [1.29, 1.82) is 0 Å². The van der Waals surface area contributed by atoms with E-state index in [-0.39, 0.29) is 5.92 Å². The Morgan fingerprint density at radius 1 is 1.24 bits per heavy atom. The van der Waals surface area contributed by atoms with Gasteiger partial charge in [0, 0.05) is 46.9 Å². The topological polar surface area (TPSA) is 16.1 Å². The number of fused-ring (bicyclic) bond motifs is 1. The first-order valence-electron chi connectivity index (χ1n) is 8.60. The summed E-state index contributed by atoms with van der Waals surface area (Å²) in [7, 11) is 0. The molecular weight excluding hydrogens is 338 g/mol. The maximum absolute atomic E-state index is 14.2. The van der Waals surface area contributed by atoms with E-state index in [4.69, 9.17) is 0 Å². The highest BCUT2D eigenvalue weighted by Crippen LogP contribution is 2.39. The van der Waals surface area contributed by atoms with Gasteiger partial charge in [0.2, 0.25) is 5.95 Å². The number of nitrogens with zero attached hydrogens (tertiary/aromatic N) is 2. The number of pyridine rings is 1. The highest BCUT2D eigenvalue weighted by molar-refractivity contribution is 7.19. The molecular formula is C20H20F2N2S. The summed E-state index contributed by atoms with van der Waals surface area (Å²) in [5.74, 6) is -0.468. The largest absolute Gasteiger partial charge is 0.297 e. The normalized spacial score (nSPS) is 16.9. The van der Waals surface area contributed by atoms with Crippen LogP contribution in [-0.4, -0.2) is 35.7 Å². The van der Waals surface area contributed by atoms with Crippen LogP contribution in [0.3, 0.4) is 0 Å². The fourth-order valence-corrected chi connectivity index (χ4v) is 4.89. The number of hydrogen-bond donors (Lipinski definition) is 0. The van der Waals surface area contributed by atoms with Gasteiger partial charge in [0.05, 0.1) is 0 Å². The minimum Gasteiger partial charge on any atom is -0.297 e. The van der Waals surface area contributed by atoms with Gasteiger partial charge in [-0.15, -0.1) is 11.3 Å². The molecule has 1 aromatic carbocycles. The number of hydrogen-bond acceptors (Lipinski definition) is 3. The van der Waals surface area contributed by atoms with Gasteiger partial charge in [0.25, 0.3) is 0 Å². The summed E-state index contributed by atoms with van der Waals surface area (Å²) in [4.78, 5) is 7.21. The molecule has 0 amide bonds. The van der Waals surface area contributed by atoms with Gasteiger partial charge in [-0.3, -0.25) is 4.90 Å². The number of alkyl halides is 1. The summed E-state index contributed by atoms with van der Waals surface area (Å²) in [5, 5.41) is 1.19. The van der Waals surface area contributed by atoms with Gasteiger partial charge in [-0.1, -0.05) is 31.2 Å². The minimum atomic E-state index is -0.676. The second-order valence-corrected chi connectivity index (χ2v) is 7.78. The van der Waals surface area contributed by atoms with E-state index in [0.29, 0.717) is 18.7 Å². The molecule has 2 nitrogen and oxygen atoms in total. The molecule has 25 heavy (non-hydrogen) atoms. The molecule has 0 radical (unpaired) electrons. The third-order valence-corrected chi connectivity index (χ3v) is 6.21. The van der Waals surface area contributed by atoms with E-state index in [9.17, 15) is 8.78 Å². The van der Waals surface area contributed by atoms with E-state index in [1.54, 1.807) is 17.4 Å². The van der Waals surface area contributed by atoms with Crippen LogP contribution >= 0.6 is 11.3 Å². The molecule has 3 aromatic rings. The molecule has 0 spiro atoms. The van der Waals surface area contributed by atoms with Crippen LogP contribution in [0, 0.1) is 5.95 Å². The Hall–Kier alpha value is -1.85. The zero-order valence-electron chi connectivity index (χ0n) is 14.1. The molecule has 1 atom stereocenters. The van der Waals surface area contributed by atoms with Crippen molar-refractivity contribution in [3.63, 3.8) is 0 Å². The summed E-state index contributed by atoms with van der Waals surface area (Å²) >= 11 is 1.77. The Balaban J connectivity index is 1.70. The van der Waals surface area contributed by atoms with E-state index in [2.05, 4.69) is 22.0 Å². The molecule has 0 N–H and O–H groups in total. The third kappa shape index (κ3) is 3.18. The van der Waals surface area contributed by atoms with Gasteiger partial charge in [-0.25, -0.2) is 9.37 Å². The van der Waals surface area contributed by atoms with E-state index in [1.807, 2.05) is 25.1 Å². The number of thiophene rings is 1. The fraction of sp³-hybridized carbons (Fsp3) is 0.350. The molecule has 130 valence electrons. The second kappa shape index (κ2) is 6.81. The fourth-order valence-electron chi connectivity index (χ4n) is 3.60. The molecule has 4 rings (SSSR count). The van der Waals surface area contributed by atoms with Gasteiger partial charge in [0.1, 0.15) is 6.17 Å². The lowest BCUT2D eigenvalue weighted by atomic mass is 9.91. The molecule has 0 aliphatic carbocycles. The maximum atomic E-state index is 14.2. The van der Waals surface area contributed by atoms with Crippen LogP contribution in [0.25, 0.3) is 10.1 Å². The molecule has 2 aromatic heterocycles. The van der Waals surface area contributed by atoms with Crippen LogP contribution in [0.2, 0.25) is 0 Å². The van der Waals surface area contributed by atoms with Crippen molar-refractivity contribution < 1.29 is 8.78 Å². The van der Waals surface area contributed by atoms with E-state index in [1.165, 1.54) is 26.7 Å². The summed E-state index contributed by atoms with van der Waals surface area (Å²) in [6.45, 7) is 3.96. The molecule has 1 aliphatic heterocycles. The third-order valence-electron chi connectivity index (χ3n) is 4.97. The van der Waals surface area contributed by atoms with Crippen molar-refractivity contribution in [3.8, 4) is 0 Å². The van der Waals surface area contributed by atoms with Crippen LogP contribution in [0.15, 0.2) is 42.6 Å². The van der Waals surface area contributed by atoms with Gasteiger partial charge in [0.15, 0.2) is 0 Å². The molecule has 5 heteroatoms. The lowest BCUT2D eigenvalue weighted by molar-refractivity contribution is 0.0672. The number of likely N-dealkylation sites (tertiary alicyclic amines) is 1. The summed E-state index contributed by atoms with van der Waals surface area (Å²) in [6.07, 6.45) is 1.67. The number of rotatable bonds is 5. The smallest absolute Gasteiger partial charge is 0.216 e.